The Hall–Kier alpha value is -0.120. The largest absolute Gasteiger partial charge is 0.395 e. The molecule has 1 saturated carbocycles. The highest BCUT2D eigenvalue weighted by molar-refractivity contribution is 4.83. The van der Waals surface area contributed by atoms with Gasteiger partial charge in [0.15, 0.2) is 0 Å². The van der Waals surface area contributed by atoms with Gasteiger partial charge in [0, 0.05) is 0 Å². The maximum Gasteiger partial charge on any atom is 0.0645 e. The van der Waals surface area contributed by atoms with Gasteiger partial charge in [-0.3, -0.25) is 0 Å². The van der Waals surface area contributed by atoms with Gasteiger partial charge in [0.25, 0.3) is 0 Å². The molecule has 1 rings (SSSR count). The van der Waals surface area contributed by atoms with Crippen LogP contribution in [-0.2, 0) is 4.74 Å². The molecule has 0 saturated heterocycles. The van der Waals surface area contributed by atoms with Gasteiger partial charge in [0.05, 0.1) is 25.4 Å². The number of aliphatic hydroxyl groups is 1. The quantitative estimate of drug-likeness (QED) is 0.755. The fraction of sp³-hybridized carbons (Fsp3) is 1.00. The average molecular weight is 229 g/mol. The first kappa shape index (κ1) is 13.9. The summed E-state index contributed by atoms with van der Waals surface area (Å²) in [7, 11) is 1.86. The van der Waals surface area contributed by atoms with Crippen LogP contribution >= 0.6 is 0 Å². The molecule has 0 spiro atoms. The number of nitrogens with one attached hydrogen (secondary N) is 1. The second-order valence-electron chi connectivity index (χ2n) is 6.04. The SMILES string of the molecule is CNC(CO)COC1CC(C)CC(C)(C)C1. The second kappa shape index (κ2) is 5.99. The van der Waals surface area contributed by atoms with Crippen LogP contribution in [-0.4, -0.2) is 37.5 Å². The van der Waals surface area contributed by atoms with Crippen LogP contribution in [0.2, 0.25) is 0 Å². The first-order valence-electron chi connectivity index (χ1n) is 6.36. The minimum atomic E-state index is 0.0698. The zero-order valence-corrected chi connectivity index (χ0v) is 11.1. The van der Waals surface area contributed by atoms with E-state index in [4.69, 9.17) is 9.84 Å². The van der Waals surface area contributed by atoms with Crippen molar-refractivity contribution < 1.29 is 9.84 Å². The molecule has 3 unspecified atom stereocenters. The van der Waals surface area contributed by atoms with Gasteiger partial charge in [-0.2, -0.15) is 0 Å². The van der Waals surface area contributed by atoms with E-state index in [1.54, 1.807) is 0 Å². The number of aliphatic hydroxyl groups excluding tert-OH is 1. The molecule has 1 aliphatic carbocycles. The van der Waals surface area contributed by atoms with Crippen LogP contribution in [0, 0.1) is 11.3 Å². The van der Waals surface area contributed by atoms with Gasteiger partial charge in [-0.15, -0.1) is 0 Å². The maximum atomic E-state index is 9.07. The van der Waals surface area contributed by atoms with E-state index in [1.807, 2.05) is 7.05 Å². The summed E-state index contributed by atoms with van der Waals surface area (Å²) in [5, 5.41) is 12.1. The first-order valence-corrected chi connectivity index (χ1v) is 6.36. The zero-order valence-electron chi connectivity index (χ0n) is 11.1. The van der Waals surface area contributed by atoms with Gasteiger partial charge in [-0.05, 0) is 37.6 Å². The standard InChI is InChI=1S/C13H27NO2/c1-10-5-12(7-13(2,3)6-10)16-9-11(8-15)14-4/h10-12,14-15H,5-9H2,1-4H3. The molecule has 16 heavy (non-hydrogen) atoms. The Balaban J connectivity index is 2.36. The second-order valence-corrected chi connectivity index (χ2v) is 6.04. The van der Waals surface area contributed by atoms with E-state index >= 15 is 0 Å². The van der Waals surface area contributed by atoms with Crippen molar-refractivity contribution in [3.63, 3.8) is 0 Å². The van der Waals surface area contributed by atoms with Crippen molar-refractivity contribution in [3.8, 4) is 0 Å². The Morgan fingerprint density at radius 1 is 1.44 bits per heavy atom. The molecule has 0 aromatic carbocycles. The lowest BCUT2D eigenvalue weighted by Crippen LogP contribution is -2.38. The van der Waals surface area contributed by atoms with Crippen LogP contribution in [0.3, 0.4) is 0 Å². The molecular formula is C13H27NO2. The summed E-state index contributed by atoms with van der Waals surface area (Å²) in [6.45, 7) is 7.70. The van der Waals surface area contributed by atoms with Crippen LogP contribution in [0.1, 0.15) is 40.0 Å². The Bertz CT molecular complexity index is 202. The van der Waals surface area contributed by atoms with E-state index in [0.717, 1.165) is 18.8 Å². The summed E-state index contributed by atoms with van der Waals surface area (Å²) in [6.07, 6.45) is 3.95. The first-order chi connectivity index (χ1) is 7.46. The van der Waals surface area contributed by atoms with E-state index < -0.39 is 0 Å². The monoisotopic (exact) mass is 229 g/mol. The molecule has 0 aromatic rings. The van der Waals surface area contributed by atoms with E-state index in [2.05, 4.69) is 26.1 Å². The lowest BCUT2D eigenvalue weighted by Gasteiger charge is -2.39. The Kier molecular flexibility index (Phi) is 5.22. The maximum absolute atomic E-state index is 9.07. The molecule has 0 heterocycles. The minimum Gasteiger partial charge on any atom is -0.395 e. The number of hydrogen-bond donors (Lipinski definition) is 2. The molecule has 0 amide bonds. The molecule has 96 valence electrons. The molecule has 3 nitrogen and oxygen atoms in total. The van der Waals surface area contributed by atoms with Crippen molar-refractivity contribution in [2.45, 2.75) is 52.2 Å². The molecular weight excluding hydrogens is 202 g/mol. The van der Waals surface area contributed by atoms with Gasteiger partial charge >= 0.3 is 0 Å². The Labute approximate surface area is 99.6 Å². The highest BCUT2D eigenvalue weighted by Crippen LogP contribution is 2.39. The lowest BCUT2D eigenvalue weighted by molar-refractivity contribution is -0.0345. The summed E-state index contributed by atoms with van der Waals surface area (Å²) in [5.41, 5.74) is 0.399. The van der Waals surface area contributed by atoms with Gasteiger partial charge < -0.3 is 15.2 Å². The fourth-order valence-electron chi connectivity index (χ4n) is 2.86. The number of hydrogen-bond acceptors (Lipinski definition) is 3. The van der Waals surface area contributed by atoms with E-state index in [-0.39, 0.29) is 12.6 Å². The predicted octanol–water partition coefficient (Wildman–Crippen LogP) is 1.80. The van der Waals surface area contributed by atoms with Crippen molar-refractivity contribution in [2.24, 2.45) is 11.3 Å². The third-order valence-corrected chi connectivity index (χ3v) is 3.51. The van der Waals surface area contributed by atoms with E-state index in [0.29, 0.717) is 18.1 Å². The summed E-state index contributed by atoms with van der Waals surface area (Å²) in [4.78, 5) is 0. The Morgan fingerprint density at radius 2 is 2.12 bits per heavy atom. The fourth-order valence-corrected chi connectivity index (χ4v) is 2.86. The molecule has 3 atom stereocenters. The van der Waals surface area contributed by atoms with Crippen LogP contribution in [0.25, 0.3) is 0 Å². The summed E-state index contributed by atoms with van der Waals surface area (Å²) >= 11 is 0. The van der Waals surface area contributed by atoms with Crippen molar-refractivity contribution in [3.05, 3.63) is 0 Å². The smallest absolute Gasteiger partial charge is 0.0645 e. The zero-order chi connectivity index (χ0) is 12.2. The highest BCUT2D eigenvalue weighted by atomic mass is 16.5. The number of likely N-dealkylation sites (N-methyl/N-ethyl adjacent to an activating group) is 1. The predicted molar refractivity (Wildman–Crippen MR) is 66.5 cm³/mol. The molecule has 0 radical (unpaired) electrons. The van der Waals surface area contributed by atoms with Gasteiger partial charge in [0.1, 0.15) is 0 Å². The van der Waals surface area contributed by atoms with Crippen molar-refractivity contribution in [1.82, 2.24) is 5.32 Å². The topological polar surface area (TPSA) is 41.5 Å². The van der Waals surface area contributed by atoms with Crippen LogP contribution in [0.5, 0.6) is 0 Å². The molecule has 3 heteroatoms. The van der Waals surface area contributed by atoms with Crippen molar-refractivity contribution >= 4 is 0 Å². The van der Waals surface area contributed by atoms with Crippen LogP contribution in [0.15, 0.2) is 0 Å². The molecule has 1 aliphatic rings. The molecule has 0 aromatic heterocycles. The van der Waals surface area contributed by atoms with Gasteiger partial charge in [-0.25, -0.2) is 0 Å². The normalized spacial score (nSPS) is 31.3. The molecule has 0 aliphatic heterocycles. The van der Waals surface area contributed by atoms with Gasteiger partial charge in [0.2, 0.25) is 0 Å². The minimum absolute atomic E-state index is 0.0698. The lowest BCUT2D eigenvalue weighted by atomic mass is 9.71. The molecule has 0 bridgehead atoms. The number of rotatable bonds is 5. The summed E-state index contributed by atoms with van der Waals surface area (Å²) in [5.74, 6) is 0.746. The summed E-state index contributed by atoms with van der Waals surface area (Å²) in [6, 6.07) is 0.0698. The Morgan fingerprint density at radius 3 is 2.62 bits per heavy atom. The van der Waals surface area contributed by atoms with E-state index in [9.17, 15) is 0 Å². The van der Waals surface area contributed by atoms with Crippen LogP contribution < -0.4 is 5.32 Å². The summed E-state index contributed by atoms with van der Waals surface area (Å²) < 4.78 is 5.91. The van der Waals surface area contributed by atoms with Crippen molar-refractivity contribution in [2.75, 3.05) is 20.3 Å². The van der Waals surface area contributed by atoms with E-state index in [1.165, 1.54) is 6.42 Å². The van der Waals surface area contributed by atoms with Crippen LogP contribution in [0.4, 0.5) is 0 Å². The van der Waals surface area contributed by atoms with Crippen molar-refractivity contribution in [1.29, 1.82) is 0 Å². The molecule has 2 N–H and O–H groups in total. The molecule has 1 fully saturated rings. The average Bonchev–Trinajstić information content (AvgIpc) is 2.16. The highest BCUT2D eigenvalue weighted by Gasteiger charge is 2.32. The van der Waals surface area contributed by atoms with Gasteiger partial charge in [-0.1, -0.05) is 20.8 Å². The third kappa shape index (κ3) is 4.40. The number of ether oxygens (including phenoxy) is 1. The third-order valence-electron chi connectivity index (χ3n) is 3.51.